The lowest BCUT2D eigenvalue weighted by Gasteiger charge is -2.13. The first kappa shape index (κ1) is 17.8. The lowest BCUT2D eigenvalue weighted by molar-refractivity contribution is -0.116. The van der Waals surface area contributed by atoms with Gasteiger partial charge in [0, 0.05) is 34.7 Å². The summed E-state index contributed by atoms with van der Waals surface area (Å²) in [6.07, 6.45) is 1.82. The van der Waals surface area contributed by atoms with Crippen LogP contribution < -0.4 is 15.4 Å². The van der Waals surface area contributed by atoms with Crippen molar-refractivity contribution < 1.29 is 14.3 Å². The van der Waals surface area contributed by atoms with Crippen LogP contribution in [0.15, 0.2) is 48.7 Å². The minimum atomic E-state index is -0.222. The summed E-state index contributed by atoms with van der Waals surface area (Å²) >= 11 is 6.17. The van der Waals surface area contributed by atoms with Crippen molar-refractivity contribution in [1.29, 1.82) is 0 Å². The van der Waals surface area contributed by atoms with E-state index in [0.717, 1.165) is 10.9 Å². The molecule has 0 radical (unpaired) electrons. The maximum atomic E-state index is 12.5. The Labute approximate surface area is 155 Å². The number of nitrogens with zero attached hydrogens (tertiary/aromatic N) is 1. The molecule has 0 unspecified atom stereocenters. The van der Waals surface area contributed by atoms with E-state index in [2.05, 4.69) is 10.6 Å². The van der Waals surface area contributed by atoms with Crippen LogP contribution in [0.25, 0.3) is 10.9 Å². The van der Waals surface area contributed by atoms with Crippen LogP contribution in [0.5, 0.6) is 5.75 Å². The zero-order chi connectivity index (χ0) is 18.7. The Balaban J connectivity index is 1.80. The molecule has 134 valence electrons. The van der Waals surface area contributed by atoms with Gasteiger partial charge in [0.15, 0.2) is 0 Å². The van der Waals surface area contributed by atoms with Gasteiger partial charge < -0.3 is 19.9 Å². The largest absolute Gasteiger partial charge is 0.495 e. The second-order valence-corrected chi connectivity index (χ2v) is 6.17. The molecule has 0 spiro atoms. The number of fused-ring (bicyclic) bond motifs is 1. The van der Waals surface area contributed by atoms with Gasteiger partial charge in [0.2, 0.25) is 11.8 Å². The molecule has 0 saturated heterocycles. The molecule has 0 aliphatic carbocycles. The number of hydrogen-bond donors (Lipinski definition) is 2. The van der Waals surface area contributed by atoms with Gasteiger partial charge >= 0.3 is 0 Å². The van der Waals surface area contributed by atoms with Gasteiger partial charge in [0.05, 0.1) is 12.8 Å². The fourth-order valence-electron chi connectivity index (χ4n) is 2.75. The number of amides is 2. The SMILES string of the molecule is COc1ccc(NC(C)=O)cc1NC(=O)Cn1ccc2c(Cl)cccc21. The van der Waals surface area contributed by atoms with Gasteiger partial charge in [0.25, 0.3) is 0 Å². The molecule has 1 heterocycles. The number of hydrogen-bond acceptors (Lipinski definition) is 3. The molecule has 1 aromatic heterocycles. The lowest BCUT2D eigenvalue weighted by atomic mass is 10.2. The van der Waals surface area contributed by atoms with Crippen molar-refractivity contribution in [2.45, 2.75) is 13.5 Å². The Morgan fingerprint density at radius 1 is 1.15 bits per heavy atom. The summed E-state index contributed by atoms with van der Waals surface area (Å²) in [6.45, 7) is 1.54. The van der Waals surface area contributed by atoms with Crippen LogP contribution >= 0.6 is 11.6 Å². The summed E-state index contributed by atoms with van der Waals surface area (Å²) in [7, 11) is 1.52. The second kappa shape index (κ2) is 7.49. The number of carbonyl (C=O) groups excluding carboxylic acids is 2. The third-order valence-electron chi connectivity index (χ3n) is 3.87. The van der Waals surface area contributed by atoms with Crippen LogP contribution in [-0.4, -0.2) is 23.5 Å². The number of anilines is 2. The first-order valence-electron chi connectivity index (χ1n) is 7.97. The molecule has 7 heteroatoms. The molecule has 0 aliphatic rings. The number of nitrogens with one attached hydrogen (secondary N) is 2. The van der Waals surface area contributed by atoms with E-state index in [9.17, 15) is 9.59 Å². The number of rotatable bonds is 5. The van der Waals surface area contributed by atoms with Gasteiger partial charge in [-0.3, -0.25) is 9.59 Å². The van der Waals surface area contributed by atoms with E-state index in [1.54, 1.807) is 18.2 Å². The molecule has 0 aliphatic heterocycles. The highest BCUT2D eigenvalue weighted by Gasteiger charge is 2.12. The first-order chi connectivity index (χ1) is 12.5. The zero-order valence-corrected chi connectivity index (χ0v) is 15.1. The zero-order valence-electron chi connectivity index (χ0n) is 14.4. The molecule has 2 N–H and O–H groups in total. The molecule has 0 atom stereocenters. The third kappa shape index (κ3) is 3.81. The monoisotopic (exact) mass is 371 g/mol. The highest BCUT2D eigenvalue weighted by atomic mass is 35.5. The van der Waals surface area contributed by atoms with Gasteiger partial charge in [-0.15, -0.1) is 0 Å². The predicted molar refractivity (Wildman–Crippen MR) is 103 cm³/mol. The first-order valence-corrected chi connectivity index (χ1v) is 8.34. The van der Waals surface area contributed by atoms with E-state index < -0.39 is 0 Å². The van der Waals surface area contributed by atoms with Crippen LogP contribution in [-0.2, 0) is 16.1 Å². The summed E-state index contributed by atoms with van der Waals surface area (Å²) in [5, 5.41) is 7.04. The molecule has 26 heavy (non-hydrogen) atoms. The van der Waals surface area contributed by atoms with Crippen molar-refractivity contribution in [1.82, 2.24) is 4.57 Å². The Kier molecular flexibility index (Phi) is 5.14. The quantitative estimate of drug-likeness (QED) is 0.714. The van der Waals surface area contributed by atoms with Crippen LogP contribution in [0, 0.1) is 0 Å². The van der Waals surface area contributed by atoms with Gasteiger partial charge in [-0.05, 0) is 36.4 Å². The highest BCUT2D eigenvalue weighted by Crippen LogP contribution is 2.28. The molecular weight excluding hydrogens is 354 g/mol. The number of ether oxygens (including phenoxy) is 1. The van der Waals surface area contributed by atoms with Gasteiger partial charge in [-0.2, -0.15) is 0 Å². The van der Waals surface area contributed by atoms with E-state index in [1.807, 2.05) is 35.0 Å². The summed E-state index contributed by atoms with van der Waals surface area (Å²) in [5.41, 5.74) is 1.94. The molecule has 2 amide bonds. The average molecular weight is 372 g/mol. The molecule has 3 aromatic rings. The minimum absolute atomic E-state index is 0.122. The van der Waals surface area contributed by atoms with Crippen molar-refractivity contribution >= 4 is 45.7 Å². The van der Waals surface area contributed by atoms with Crippen molar-refractivity contribution in [3.05, 3.63) is 53.7 Å². The topological polar surface area (TPSA) is 72.4 Å². The molecule has 3 rings (SSSR count). The van der Waals surface area contributed by atoms with Crippen molar-refractivity contribution in [3.63, 3.8) is 0 Å². The number of halogens is 1. The molecule has 0 saturated carbocycles. The molecule has 6 nitrogen and oxygen atoms in total. The van der Waals surface area contributed by atoms with Crippen LogP contribution in [0.2, 0.25) is 5.02 Å². The maximum Gasteiger partial charge on any atom is 0.244 e. The molecule has 0 bridgehead atoms. The van der Waals surface area contributed by atoms with E-state index in [1.165, 1.54) is 14.0 Å². The second-order valence-electron chi connectivity index (χ2n) is 5.76. The van der Waals surface area contributed by atoms with Crippen LogP contribution in [0.4, 0.5) is 11.4 Å². The number of aromatic nitrogens is 1. The Bertz CT molecular complexity index is 981. The summed E-state index contributed by atoms with van der Waals surface area (Å²) in [5.74, 6) is 0.0942. The van der Waals surface area contributed by atoms with E-state index in [-0.39, 0.29) is 18.4 Å². The van der Waals surface area contributed by atoms with E-state index in [0.29, 0.717) is 22.1 Å². The lowest BCUT2D eigenvalue weighted by Crippen LogP contribution is -2.19. The third-order valence-corrected chi connectivity index (χ3v) is 4.20. The minimum Gasteiger partial charge on any atom is -0.495 e. The number of carbonyl (C=O) groups is 2. The highest BCUT2D eigenvalue weighted by molar-refractivity contribution is 6.35. The van der Waals surface area contributed by atoms with Crippen LogP contribution in [0.1, 0.15) is 6.92 Å². The Morgan fingerprint density at radius 3 is 2.69 bits per heavy atom. The number of benzene rings is 2. The standard InChI is InChI=1S/C19H18ClN3O3/c1-12(24)21-13-6-7-18(26-2)16(10-13)22-19(25)11-23-9-8-14-15(20)4-3-5-17(14)23/h3-10H,11H2,1-2H3,(H,21,24)(H,22,25). The Hall–Kier alpha value is -2.99. The smallest absolute Gasteiger partial charge is 0.244 e. The molecular formula is C19H18ClN3O3. The van der Waals surface area contributed by atoms with Gasteiger partial charge in [-0.1, -0.05) is 17.7 Å². The Morgan fingerprint density at radius 2 is 1.96 bits per heavy atom. The van der Waals surface area contributed by atoms with Crippen molar-refractivity contribution in [2.24, 2.45) is 0 Å². The van der Waals surface area contributed by atoms with E-state index in [4.69, 9.17) is 16.3 Å². The van der Waals surface area contributed by atoms with Crippen LogP contribution in [0.3, 0.4) is 0 Å². The summed E-state index contributed by atoms with van der Waals surface area (Å²) in [6, 6.07) is 12.5. The maximum absolute atomic E-state index is 12.5. The van der Waals surface area contributed by atoms with Crippen molar-refractivity contribution in [3.8, 4) is 5.75 Å². The molecule has 0 fully saturated rings. The predicted octanol–water partition coefficient (Wildman–Crippen LogP) is 3.90. The average Bonchev–Trinajstić information content (AvgIpc) is 2.99. The summed E-state index contributed by atoms with van der Waals surface area (Å²) < 4.78 is 7.10. The van der Waals surface area contributed by atoms with E-state index >= 15 is 0 Å². The number of methoxy groups -OCH3 is 1. The fourth-order valence-corrected chi connectivity index (χ4v) is 2.99. The fraction of sp³-hybridized carbons (Fsp3) is 0.158. The van der Waals surface area contributed by atoms with Gasteiger partial charge in [0.1, 0.15) is 12.3 Å². The normalized spacial score (nSPS) is 10.6. The van der Waals surface area contributed by atoms with Gasteiger partial charge in [-0.25, -0.2) is 0 Å². The molecule has 2 aromatic carbocycles. The van der Waals surface area contributed by atoms with Crippen molar-refractivity contribution in [2.75, 3.05) is 17.7 Å². The summed E-state index contributed by atoms with van der Waals surface area (Å²) in [4.78, 5) is 23.7.